The normalized spacial score (nSPS) is 27.6. The molecular formula is C15H17N3O2. The highest BCUT2D eigenvalue weighted by molar-refractivity contribution is 5.38. The Balaban J connectivity index is 1.62. The van der Waals surface area contributed by atoms with E-state index in [4.69, 9.17) is 4.52 Å². The summed E-state index contributed by atoms with van der Waals surface area (Å²) in [5, 5.41) is 17.0. The van der Waals surface area contributed by atoms with Crippen LogP contribution in [0.1, 0.15) is 42.6 Å². The average Bonchev–Trinajstić information content (AvgIpc) is 2.93. The zero-order chi connectivity index (χ0) is 13.6. The maximum atomic E-state index is 9.57. The Bertz CT molecular complexity index is 607. The van der Waals surface area contributed by atoms with Crippen LogP contribution in [0.4, 0.5) is 0 Å². The summed E-state index contributed by atoms with van der Waals surface area (Å²) >= 11 is 0. The van der Waals surface area contributed by atoms with E-state index in [-0.39, 0.29) is 17.6 Å². The summed E-state index contributed by atoms with van der Waals surface area (Å²) in [4.78, 5) is 4.59. The van der Waals surface area contributed by atoms with Gasteiger partial charge in [0.15, 0.2) is 5.82 Å². The van der Waals surface area contributed by atoms with Gasteiger partial charge in [0.25, 0.3) is 0 Å². The lowest BCUT2D eigenvalue weighted by molar-refractivity contribution is 0.191. The summed E-state index contributed by atoms with van der Waals surface area (Å²) in [6.45, 7) is 0.589. The van der Waals surface area contributed by atoms with E-state index < -0.39 is 0 Å². The van der Waals surface area contributed by atoms with Gasteiger partial charge in [-0.15, -0.1) is 0 Å². The number of hydrogen-bond donors (Lipinski definition) is 2. The van der Waals surface area contributed by atoms with Gasteiger partial charge in [-0.05, 0) is 24.8 Å². The summed E-state index contributed by atoms with van der Waals surface area (Å²) in [6, 6.07) is 10.3. The first kappa shape index (κ1) is 12.1. The van der Waals surface area contributed by atoms with E-state index in [1.807, 2.05) is 18.2 Å². The van der Waals surface area contributed by atoms with Gasteiger partial charge >= 0.3 is 0 Å². The average molecular weight is 271 g/mol. The molecule has 2 N–H and O–H groups in total. The molecule has 0 radical (unpaired) electrons. The summed E-state index contributed by atoms with van der Waals surface area (Å²) in [6.07, 6.45) is 2.45. The Kier molecular flexibility index (Phi) is 2.65. The molecule has 1 saturated carbocycles. The lowest BCUT2D eigenvalue weighted by Gasteiger charge is -2.10. The molecule has 2 heterocycles. The van der Waals surface area contributed by atoms with E-state index in [1.165, 1.54) is 5.56 Å². The van der Waals surface area contributed by atoms with Crippen molar-refractivity contribution in [2.75, 3.05) is 6.54 Å². The fourth-order valence-corrected chi connectivity index (χ4v) is 3.00. The van der Waals surface area contributed by atoms with Gasteiger partial charge in [-0.25, -0.2) is 0 Å². The third-order valence-corrected chi connectivity index (χ3v) is 4.35. The number of nitrogens with one attached hydrogen (secondary N) is 1. The first-order valence-electron chi connectivity index (χ1n) is 7.09. The Labute approximate surface area is 117 Å². The van der Waals surface area contributed by atoms with Crippen molar-refractivity contribution in [1.29, 1.82) is 0 Å². The van der Waals surface area contributed by atoms with E-state index in [9.17, 15) is 5.11 Å². The number of rotatable bonds is 3. The molecule has 0 amide bonds. The van der Waals surface area contributed by atoms with Crippen LogP contribution in [0.5, 0.6) is 0 Å². The van der Waals surface area contributed by atoms with Crippen LogP contribution < -0.4 is 5.32 Å². The minimum atomic E-state index is -0.320. The van der Waals surface area contributed by atoms with E-state index in [2.05, 4.69) is 27.6 Å². The van der Waals surface area contributed by atoms with Gasteiger partial charge < -0.3 is 14.9 Å². The SMILES string of the molecule is OC1CN[C@H](c2nc(C3(c4ccccc4)CC3)no2)C1. The van der Waals surface area contributed by atoms with E-state index in [0.29, 0.717) is 18.9 Å². The molecule has 4 rings (SSSR count). The molecule has 1 saturated heterocycles. The minimum Gasteiger partial charge on any atom is -0.392 e. The third-order valence-electron chi connectivity index (χ3n) is 4.35. The van der Waals surface area contributed by atoms with E-state index in [0.717, 1.165) is 18.7 Å². The van der Waals surface area contributed by atoms with Crippen LogP contribution in [0.15, 0.2) is 34.9 Å². The number of hydrogen-bond acceptors (Lipinski definition) is 5. The molecular weight excluding hydrogens is 254 g/mol. The molecule has 0 spiro atoms. The Hall–Kier alpha value is -1.72. The maximum absolute atomic E-state index is 9.57. The van der Waals surface area contributed by atoms with Crippen LogP contribution in [0.3, 0.4) is 0 Å². The third kappa shape index (κ3) is 1.85. The predicted molar refractivity (Wildman–Crippen MR) is 72.1 cm³/mol. The minimum absolute atomic E-state index is 0.0159. The standard InChI is InChI=1S/C15H17N3O2/c19-11-8-12(16-9-11)13-17-14(18-20-13)15(6-7-15)10-4-2-1-3-5-10/h1-5,11-12,16,19H,6-9H2/t11?,12-/m0/s1. The molecule has 1 aliphatic carbocycles. The molecule has 2 fully saturated rings. The fraction of sp³-hybridized carbons (Fsp3) is 0.467. The molecule has 20 heavy (non-hydrogen) atoms. The van der Waals surface area contributed by atoms with Crippen molar-refractivity contribution < 1.29 is 9.63 Å². The van der Waals surface area contributed by atoms with Crippen molar-refractivity contribution in [3.63, 3.8) is 0 Å². The first-order chi connectivity index (χ1) is 9.78. The largest absolute Gasteiger partial charge is 0.392 e. The Morgan fingerprint density at radius 3 is 2.70 bits per heavy atom. The molecule has 1 aromatic heterocycles. The van der Waals surface area contributed by atoms with Crippen molar-refractivity contribution in [3.8, 4) is 0 Å². The number of benzene rings is 1. The van der Waals surface area contributed by atoms with Crippen LogP contribution in [0.2, 0.25) is 0 Å². The molecule has 5 heteroatoms. The molecule has 2 atom stereocenters. The number of nitrogens with zero attached hydrogens (tertiary/aromatic N) is 2. The lowest BCUT2D eigenvalue weighted by atomic mass is 9.95. The molecule has 2 aliphatic rings. The van der Waals surface area contributed by atoms with Crippen molar-refractivity contribution in [1.82, 2.24) is 15.5 Å². The second-order valence-corrected chi connectivity index (χ2v) is 5.75. The van der Waals surface area contributed by atoms with Gasteiger partial charge in [-0.1, -0.05) is 35.5 Å². The van der Waals surface area contributed by atoms with Gasteiger partial charge in [0, 0.05) is 6.54 Å². The fourth-order valence-electron chi connectivity index (χ4n) is 3.00. The monoisotopic (exact) mass is 271 g/mol. The zero-order valence-electron chi connectivity index (χ0n) is 11.1. The number of β-amino-alcohol motifs (C(OH)–C–C–N with tert-alkyl or cyclic N) is 1. The second kappa shape index (κ2) is 4.40. The van der Waals surface area contributed by atoms with Crippen molar-refractivity contribution in [2.24, 2.45) is 0 Å². The highest BCUT2D eigenvalue weighted by Gasteiger charge is 2.50. The van der Waals surface area contributed by atoms with Crippen LogP contribution in [-0.2, 0) is 5.41 Å². The molecule has 5 nitrogen and oxygen atoms in total. The van der Waals surface area contributed by atoms with Gasteiger partial charge in [0.05, 0.1) is 17.6 Å². The van der Waals surface area contributed by atoms with Gasteiger partial charge in [0.2, 0.25) is 5.89 Å². The van der Waals surface area contributed by atoms with Crippen LogP contribution in [0, 0.1) is 0 Å². The lowest BCUT2D eigenvalue weighted by Crippen LogP contribution is -2.15. The molecule has 2 aromatic rings. The van der Waals surface area contributed by atoms with Crippen LogP contribution >= 0.6 is 0 Å². The molecule has 1 aliphatic heterocycles. The molecule has 1 aromatic carbocycles. The molecule has 104 valence electrons. The summed E-state index contributed by atoms with van der Waals surface area (Å²) in [5.41, 5.74) is 1.20. The number of aromatic nitrogens is 2. The Morgan fingerprint density at radius 1 is 1.25 bits per heavy atom. The quantitative estimate of drug-likeness (QED) is 0.886. The predicted octanol–water partition coefficient (Wildman–Crippen LogP) is 1.54. The topological polar surface area (TPSA) is 71.2 Å². The van der Waals surface area contributed by atoms with Gasteiger partial charge in [-0.3, -0.25) is 0 Å². The maximum Gasteiger partial charge on any atom is 0.243 e. The van der Waals surface area contributed by atoms with E-state index in [1.54, 1.807) is 0 Å². The summed E-state index contributed by atoms with van der Waals surface area (Å²) in [5.74, 6) is 1.38. The van der Waals surface area contributed by atoms with Crippen molar-refractivity contribution in [3.05, 3.63) is 47.6 Å². The van der Waals surface area contributed by atoms with Gasteiger partial charge in [0.1, 0.15) is 0 Å². The van der Waals surface area contributed by atoms with Crippen LogP contribution in [0.25, 0.3) is 0 Å². The first-order valence-corrected chi connectivity index (χ1v) is 7.09. The zero-order valence-corrected chi connectivity index (χ0v) is 11.1. The van der Waals surface area contributed by atoms with Crippen molar-refractivity contribution >= 4 is 0 Å². The van der Waals surface area contributed by atoms with Crippen molar-refractivity contribution in [2.45, 2.75) is 36.8 Å². The smallest absolute Gasteiger partial charge is 0.243 e. The van der Waals surface area contributed by atoms with Gasteiger partial charge in [-0.2, -0.15) is 4.98 Å². The van der Waals surface area contributed by atoms with Crippen LogP contribution in [-0.4, -0.2) is 27.9 Å². The number of aliphatic hydroxyl groups excluding tert-OH is 1. The highest BCUT2D eigenvalue weighted by Crippen LogP contribution is 2.52. The molecule has 1 unspecified atom stereocenters. The summed E-state index contributed by atoms with van der Waals surface area (Å²) < 4.78 is 5.41. The summed E-state index contributed by atoms with van der Waals surface area (Å²) in [7, 11) is 0. The highest BCUT2D eigenvalue weighted by atomic mass is 16.5. The van der Waals surface area contributed by atoms with E-state index >= 15 is 0 Å². The Morgan fingerprint density at radius 2 is 2.05 bits per heavy atom. The number of aliphatic hydroxyl groups is 1. The second-order valence-electron chi connectivity index (χ2n) is 5.75. The molecule has 0 bridgehead atoms.